The number of carbonyl (C=O) groups is 2. The molecular formula is C24H30N2O4. The lowest BCUT2D eigenvalue weighted by atomic mass is 10.0. The van der Waals surface area contributed by atoms with Crippen molar-refractivity contribution in [1.29, 1.82) is 0 Å². The van der Waals surface area contributed by atoms with Gasteiger partial charge in [0.15, 0.2) is 0 Å². The maximum atomic E-state index is 13.3. The third kappa shape index (κ3) is 6.24. The molecule has 2 aromatic carbocycles. The second-order valence-corrected chi connectivity index (χ2v) is 8.47. The van der Waals surface area contributed by atoms with Crippen LogP contribution in [0.1, 0.15) is 45.3 Å². The highest BCUT2D eigenvalue weighted by atomic mass is 16.6. The number of carbonyl (C=O) groups excluding carboxylic acids is 2. The summed E-state index contributed by atoms with van der Waals surface area (Å²) in [6, 6.07) is 18.9. The molecule has 0 aliphatic carbocycles. The first-order valence-electron chi connectivity index (χ1n) is 10.4. The zero-order valence-electron chi connectivity index (χ0n) is 17.8. The molecule has 0 aromatic heterocycles. The molecular weight excluding hydrogens is 380 g/mol. The highest BCUT2D eigenvalue weighted by molar-refractivity contribution is 5.83. The molecule has 0 radical (unpaired) electrons. The summed E-state index contributed by atoms with van der Waals surface area (Å²) >= 11 is 0. The van der Waals surface area contributed by atoms with E-state index in [0.29, 0.717) is 31.7 Å². The van der Waals surface area contributed by atoms with Gasteiger partial charge in [0.2, 0.25) is 6.10 Å². The molecule has 1 saturated heterocycles. The summed E-state index contributed by atoms with van der Waals surface area (Å²) < 4.78 is 11.4. The summed E-state index contributed by atoms with van der Waals surface area (Å²) in [7, 11) is 0. The Hall–Kier alpha value is -3.02. The van der Waals surface area contributed by atoms with Crippen molar-refractivity contribution in [3.05, 3.63) is 66.2 Å². The third-order valence-corrected chi connectivity index (χ3v) is 4.85. The molecule has 1 heterocycles. The van der Waals surface area contributed by atoms with E-state index in [9.17, 15) is 9.59 Å². The van der Waals surface area contributed by atoms with E-state index in [0.717, 1.165) is 5.56 Å². The van der Waals surface area contributed by atoms with Gasteiger partial charge >= 0.3 is 6.09 Å². The normalized spacial score (nSPS) is 15.9. The molecule has 2 aromatic rings. The Labute approximate surface area is 178 Å². The molecule has 2 amide bonds. The van der Waals surface area contributed by atoms with Gasteiger partial charge in [0.05, 0.1) is 0 Å². The van der Waals surface area contributed by atoms with E-state index >= 15 is 0 Å². The number of nitrogens with zero attached hydrogens (tertiary/aromatic N) is 1. The maximum Gasteiger partial charge on any atom is 0.407 e. The molecule has 30 heavy (non-hydrogen) atoms. The summed E-state index contributed by atoms with van der Waals surface area (Å²) in [5, 5.41) is 2.91. The van der Waals surface area contributed by atoms with E-state index in [2.05, 4.69) is 5.32 Å². The van der Waals surface area contributed by atoms with Crippen LogP contribution in [0.5, 0.6) is 5.75 Å². The van der Waals surface area contributed by atoms with Crippen molar-refractivity contribution in [3.63, 3.8) is 0 Å². The van der Waals surface area contributed by atoms with Crippen LogP contribution in [0.3, 0.4) is 0 Å². The number of hydrogen-bond acceptors (Lipinski definition) is 4. The molecule has 1 aliphatic heterocycles. The Bertz CT molecular complexity index is 825. The molecule has 6 nitrogen and oxygen atoms in total. The van der Waals surface area contributed by atoms with Crippen LogP contribution >= 0.6 is 0 Å². The van der Waals surface area contributed by atoms with Crippen LogP contribution in [-0.4, -0.2) is 41.6 Å². The highest BCUT2D eigenvalue weighted by Crippen LogP contribution is 2.25. The molecule has 0 bridgehead atoms. The number of hydrogen-bond donors (Lipinski definition) is 1. The molecule has 1 unspecified atom stereocenters. The van der Waals surface area contributed by atoms with E-state index in [1.165, 1.54) is 0 Å². The predicted octanol–water partition coefficient (Wildman–Crippen LogP) is 4.32. The molecule has 1 N–H and O–H groups in total. The number of amides is 2. The van der Waals surface area contributed by atoms with E-state index in [1.807, 2.05) is 86.3 Å². The van der Waals surface area contributed by atoms with Crippen LogP contribution in [0.25, 0.3) is 0 Å². The second kappa shape index (κ2) is 9.65. The third-order valence-electron chi connectivity index (χ3n) is 4.85. The maximum absolute atomic E-state index is 13.3. The van der Waals surface area contributed by atoms with Gasteiger partial charge in [-0.15, -0.1) is 0 Å². The SMILES string of the molecule is CC(C)(C)OC(=O)NC1CCN(C(=O)C(Oc2ccccc2)c2ccccc2)CC1. The number of benzene rings is 2. The standard InChI is InChI=1S/C24H30N2O4/c1-24(2,3)30-23(28)25-19-14-16-26(17-15-19)22(27)21(18-10-6-4-7-11-18)29-20-12-8-5-9-13-20/h4-13,19,21H,14-17H2,1-3H3,(H,25,28). The Balaban J connectivity index is 1.62. The van der Waals surface area contributed by atoms with Crippen LogP contribution in [0.15, 0.2) is 60.7 Å². The largest absolute Gasteiger partial charge is 0.476 e. The molecule has 1 aliphatic rings. The lowest BCUT2D eigenvalue weighted by molar-refractivity contribution is -0.140. The molecule has 3 rings (SSSR count). The molecule has 160 valence electrons. The van der Waals surface area contributed by atoms with E-state index in [1.54, 1.807) is 0 Å². The predicted molar refractivity (Wildman–Crippen MR) is 115 cm³/mol. The summed E-state index contributed by atoms with van der Waals surface area (Å²) in [6.45, 7) is 6.63. The van der Waals surface area contributed by atoms with Gasteiger partial charge in [-0.3, -0.25) is 4.79 Å². The van der Waals surface area contributed by atoms with Crippen LogP contribution in [0.4, 0.5) is 4.79 Å². The van der Waals surface area contributed by atoms with Gasteiger partial charge in [-0.1, -0.05) is 48.5 Å². The topological polar surface area (TPSA) is 67.9 Å². The Morgan fingerprint density at radius 3 is 2.10 bits per heavy atom. The summed E-state index contributed by atoms with van der Waals surface area (Å²) in [6.07, 6.45) is 0.237. The lowest BCUT2D eigenvalue weighted by Gasteiger charge is -2.34. The Morgan fingerprint density at radius 2 is 1.53 bits per heavy atom. The molecule has 1 fully saturated rings. The van der Waals surface area contributed by atoms with Crippen LogP contribution in [-0.2, 0) is 9.53 Å². The first-order chi connectivity index (χ1) is 14.3. The minimum atomic E-state index is -0.705. The monoisotopic (exact) mass is 410 g/mol. The first-order valence-corrected chi connectivity index (χ1v) is 10.4. The fraction of sp³-hybridized carbons (Fsp3) is 0.417. The Morgan fingerprint density at radius 1 is 0.967 bits per heavy atom. The van der Waals surface area contributed by atoms with E-state index in [4.69, 9.17) is 9.47 Å². The number of rotatable bonds is 5. The zero-order chi connectivity index (χ0) is 21.6. The van der Waals surface area contributed by atoms with Crippen molar-refractivity contribution in [2.24, 2.45) is 0 Å². The minimum Gasteiger partial charge on any atom is -0.476 e. The van der Waals surface area contributed by atoms with Gasteiger partial charge in [0.1, 0.15) is 11.4 Å². The molecule has 0 saturated carbocycles. The second-order valence-electron chi connectivity index (χ2n) is 8.47. The highest BCUT2D eigenvalue weighted by Gasteiger charge is 2.31. The number of piperidine rings is 1. The van der Waals surface area contributed by atoms with Gasteiger partial charge in [-0.25, -0.2) is 4.79 Å². The van der Waals surface area contributed by atoms with Gasteiger partial charge in [-0.2, -0.15) is 0 Å². The fourth-order valence-electron chi connectivity index (χ4n) is 3.41. The number of likely N-dealkylation sites (tertiary alicyclic amines) is 1. The van der Waals surface area contributed by atoms with Crippen LogP contribution in [0.2, 0.25) is 0 Å². The van der Waals surface area contributed by atoms with Crippen molar-refractivity contribution >= 4 is 12.0 Å². The average Bonchev–Trinajstić information content (AvgIpc) is 2.72. The average molecular weight is 411 g/mol. The van der Waals surface area contributed by atoms with Crippen molar-refractivity contribution < 1.29 is 19.1 Å². The zero-order valence-corrected chi connectivity index (χ0v) is 17.8. The lowest BCUT2D eigenvalue weighted by Crippen LogP contribution is -2.49. The van der Waals surface area contributed by atoms with E-state index < -0.39 is 17.8 Å². The minimum absolute atomic E-state index is 0.00545. The molecule has 0 spiro atoms. The van der Waals surface area contributed by atoms with Gasteiger partial charge in [0.25, 0.3) is 5.91 Å². The summed E-state index contributed by atoms with van der Waals surface area (Å²) in [5.74, 6) is 0.585. The van der Waals surface area contributed by atoms with Crippen molar-refractivity contribution in [1.82, 2.24) is 10.2 Å². The number of ether oxygens (including phenoxy) is 2. The van der Waals surface area contributed by atoms with Crippen LogP contribution in [0, 0.1) is 0 Å². The van der Waals surface area contributed by atoms with E-state index in [-0.39, 0.29) is 11.9 Å². The van der Waals surface area contributed by atoms with Crippen molar-refractivity contribution in [2.45, 2.75) is 51.4 Å². The quantitative estimate of drug-likeness (QED) is 0.797. The first kappa shape index (κ1) is 21.7. The molecule has 6 heteroatoms. The van der Waals surface area contributed by atoms with Gasteiger partial charge in [0, 0.05) is 24.7 Å². The Kier molecular flexibility index (Phi) is 6.98. The number of para-hydroxylation sites is 1. The molecule has 1 atom stereocenters. The van der Waals surface area contributed by atoms with Gasteiger partial charge in [-0.05, 0) is 45.7 Å². The number of alkyl carbamates (subject to hydrolysis) is 1. The summed E-state index contributed by atoms with van der Waals surface area (Å²) in [4.78, 5) is 27.1. The van der Waals surface area contributed by atoms with Crippen molar-refractivity contribution in [2.75, 3.05) is 13.1 Å². The van der Waals surface area contributed by atoms with Crippen LogP contribution < -0.4 is 10.1 Å². The number of nitrogens with one attached hydrogen (secondary N) is 1. The smallest absolute Gasteiger partial charge is 0.407 e. The summed E-state index contributed by atoms with van der Waals surface area (Å²) in [5.41, 5.74) is 0.290. The van der Waals surface area contributed by atoms with Gasteiger partial charge < -0.3 is 19.7 Å². The fourth-order valence-corrected chi connectivity index (χ4v) is 3.41. The van der Waals surface area contributed by atoms with Crippen molar-refractivity contribution in [3.8, 4) is 5.75 Å².